The van der Waals surface area contributed by atoms with Gasteiger partial charge in [0.2, 0.25) is 5.91 Å². The lowest BCUT2D eigenvalue weighted by molar-refractivity contribution is -0.115. The van der Waals surface area contributed by atoms with E-state index in [0.717, 1.165) is 18.4 Å². The van der Waals surface area contributed by atoms with Crippen LogP contribution in [-0.4, -0.2) is 28.0 Å². The molecule has 0 atom stereocenters. The van der Waals surface area contributed by atoms with Crippen LogP contribution in [0.25, 0.3) is 0 Å². The predicted octanol–water partition coefficient (Wildman–Crippen LogP) is 3.19. The molecule has 3 rings (SSSR count). The van der Waals surface area contributed by atoms with Crippen LogP contribution in [0.2, 0.25) is 0 Å². The van der Waals surface area contributed by atoms with Gasteiger partial charge in [-0.3, -0.25) is 9.10 Å². The summed E-state index contributed by atoms with van der Waals surface area (Å²) in [4.78, 5) is 11.8. The van der Waals surface area contributed by atoms with E-state index in [1.807, 2.05) is 6.07 Å². The predicted molar refractivity (Wildman–Crippen MR) is 101 cm³/mol. The number of rotatable bonds is 5. The molecule has 0 radical (unpaired) electrons. The summed E-state index contributed by atoms with van der Waals surface area (Å²) in [6.45, 7) is 2.22. The Bertz CT molecular complexity index is 908. The number of sulfonamides is 1. The molecule has 0 saturated carbocycles. The molecule has 0 bridgehead atoms. The van der Waals surface area contributed by atoms with E-state index in [4.69, 9.17) is 4.74 Å². The number of nitrogens with zero attached hydrogens (tertiary/aromatic N) is 1. The highest BCUT2D eigenvalue weighted by molar-refractivity contribution is 7.92. The second kappa shape index (κ2) is 7.37. The van der Waals surface area contributed by atoms with Gasteiger partial charge in [0.1, 0.15) is 5.75 Å². The fourth-order valence-electron chi connectivity index (χ4n) is 3.01. The molecule has 0 aliphatic carbocycles. The van der Waals surface area contributed by atoms with E-state index in [1.54, 1.807) is 50.4 Å². The van der Waals surface area contributed by atoms with Gasteiger partial charge in [-0.05, 0) is 60.9 Å². The third kappa shape index (κ3) is 3.53. The maximum absolute atomic E-state index is 13.1. The van der Waals surface area contributed by atoms with Crippen molar-refractivity contribution < 1.29 is 17.9 Å². The average Bonchev–Trinajstić information content (AvgIpc) is 2.67. The van der Waals surface area contributed by atoms with Gasteiger partial charge in [0, 0.05) is 18.7 Å². The molecule has 2 aromatic carbocycles. The van der Waals surface area contributed by atoms with Crippen LogP contribution in [-0.2, 0) is 21.2 Å². The molecule has 7 heteroatoms. The van der Waals surface area contributed by atoms with Gasteiger partial charge in [-0.1, -0.05) is 6.92 Å². The van der Waals surface area contributed by atoms with Crippen molar-refractivity contribution in [2.75, 3.05) is 23.3 Å². The van der Waals surface area contributed by atoms with Crippen molar-refractivity contribution in [2.45, 2.75) is 31.1 Å². The Morgan fingerprint density at radius 3 is 2.58 bits per heavy atom. The Morgan fingerprint density at radius 1 is 1.19 bits per heavy atom. The van der Waals surface area contributed by atoms with Crippen molar-refractivity contribution in [2.24, 2.45) is 0 Å². The molecule has 1 amide bonds. The molecule has 138 valence electrons. The molecule has 0 unspecified atom stereocenters. The lowest BCUT2D eigenvalue weighted by atomic mass is 10.0. The summed E-state index contributed by atoms with van der Waals surface area (Å²) >= 11 is 0. The average molecular weight is 374 g/mol. The van der Waals surface area contributed by atoms with Crippen LogP contribution in [0.4, 0.5) is 11.4 Å². The minimum absolute atomic E-state index is 0.0662. The number of nitrogens with one attached hydrogen (secondary N) is 1. The van der Waals surface area contributed by atoms with Crippen LogP contribution in [0.3, 0.4) is 0 Å². The molecule has 1 aliphatic rings. The number of hydrogen-bond donors (Lipinski definition) is 1. The second-order valence-electron chi connectivity index (χ2n) is 6.10. The Hall–Kier alpha value is -2.54. The van der Waals surface area contributed by atoms with E-state index in [0.29, 0.717) is 30.1 Å². The smallest absolute Gasteiger partial charge is 0.264 e. The number of carbonyl (C=O) groups excluding carboxylic acids is 1. The summed E-state index contributed by atoms with van der Waals surface area (Å²) in [7, 11) is -2.11. The zero-order chi connectivity index (χ0) is 18.7. The monoisotopic (exact) mass is 374 g/mol. The summed E-state index contributed by atoms with van der Waals surface area (Å²) < 4.78 is 32.7. The zero-order valence-electron chi connectivity index (χ0n) is 14.9. The minimum atomic E-state index is -3.65. The number of methoxy groups -OCH3 is 1. The molecule has 0 saturated heterocycles. The molecule has 26 heavy (non-hydrogen) atoms. The lowest BCUT2D eigenvalue weighted by Gasteiger charge is -2.31. The molecule has 0 spiro atoms. The van der Waals surface area contributed by atoms with Gasteiger partial charge >= 0.3 is 0 Å². The Balaban J connectivity index is 1.94. The third-order valence-electron chi connectivity index (χ3n) is 4.41. The minimum Gasteiger partial charge on any atom is -0.497 e. The highest BCUT2D eigenvalue weighted by Gasteiger charge is 2.29. The number of amides is 1. The van der Waals surface area contributed by atoms with Gasteiger partial charge in [0.15, 0.2) is 0 Å². The van der Waals surface area contributed by atoms with Crippen molar-refractivity contribution in [3.63, 3.8) is 0 Å². The highest BCUT2D eigenvalue weighted by Crippen LogP contribution is 2.34. The fourth-order valence-corrected chi connectivity index (χ4v) is 4.56. The molecule has 0 fully saturated rings. The van der Waals surface area contributed by atoms with Crippen LogP contribution in [0.15, 0.2) is 47.4 Å². The summed E-state index contributed by atoms with van der Waals surface area (Å²) in [6, 6.07) is 11.8. The standard InChI is InChI=1S/C19H22N2O4S/c1-3-19(22)20-15-6-11-18-14(13-15)5-4-12-21(18)26(23,24)17-9-7-16(25-2)8-10-17/h6-11,13H,3-5,12H2,1-2H3,(H,20,22). The Labute approximate surface area is 153 Å². The van der Waals surface area contributed by atoms with Gasteiger partial charge in [0.05, 0.1) is 17.7 Å². The van der Waals surface area contributed by atoms with E-state index >= 15 is 0 Å². The van der Waals surface area contributed by atoms with Gasteiger partial charge in [-0.2, -0.15) is 0 Å². The van der Waals surface area contributed by atoms with E-state index in [-0.39, 0.29) is 10.8 Å². The first-order valence-corrected chi connectivity index (χ1v) is 9.99. The van der Waals surface area contributed by atoms with Crippen LogP contribution in [0.5, 0.6) is 5.75 Å². The van der Waals surface area contributed by atoms with Crippen LogP contribution < -0.4 is 14.4 Å². The number of benzene rings is 2. The SMILES string of the molecule is CCC(=O)Nc1ccc2c(c1)CCCN2S(=O)(=O)c1ccc(OC)cc1. The second-order valence-corrected chi connectivity index (χ2v) is 7.96. The van der Waals surface area contributed by atoms with E-state index < -0.39 is 10.0 Å². The first-order valence-electron chi connectivity index (χ1n) is 8.55. The Morgan fingerprint density at radius 2 is 1.92 bits per heavy atom. The number of carbonyl (C=O) groups is 1. The van der Waals surface area contributed by atoms with E-state index in [9.17, 15) is 13.2 Å². The molecular weight excluding hydrogens is 352 g/mol. The van der Waals surface area contributed by atoms with Gasteiger partial charge in [-0.25, -0.2) is 8.42 Å². The first kappa shape index (κ1) is 18.3. The molecule has 1 N–H and O–H groups in total. The maximum atomic E-state index is 13.1. The van der Waals surface area contributed by atoms with E-state index in [1.165, 1.54) is 4.31 Å². The van der Waals surface area contributed by atoms with Crippen molar-refractivity contribution in [3.8, 4) is 5.75 Å². The Kier molecular flexibility index (Phi) is 5.18. The zero-order valence-corrected chi connectivity index (χ0v) is 15.7. The third-order valence-corrected chi connectivity index (χ3v) is 6.24. The van der Waals surface area contributed by atoms with Crippen LogP contribution in [0, 0.1) is 0 Å². The quantitative estimate of drug-likeness (QED) is 0.872. The van der Waals surface area contributed by atoms with Crippen molar-refractivity contribution >= 4 is 27.3 Å². The van der Waals surface area contributed by atoms with Crippen molar-refractivity contribution in [1.82, 2.24) is 0 Å². The highest BCUT2D eigenvalue weighted by atomic mass is 32.2. The topological polar surface area (TPSA) is 75.7 Å². The number of aryl methyl sites for hydroxylation is 1. The molecule has 6 nitrogen and oxygen atoms in total. The summed E-state index contributed by atoms with van der Waals surface area (Å²) in [5.41, 5.74) is 2.28. The summed E-state index contributed by atoms with van der Waals surface area (Å²) in [5.74, 6) is 0.544. The van der Waals surface area contributed by atoms with Crippen molar-refractivity contribution in [1.29, 1.82) is 0 Å². The molecule has 0 aromatic heterocycles. The first-order chi connectivity index (χ1) is 12.5. The van der Waals surface area contributed by atoms with Gasteiger partial charge in [-0.15, -0.1) is 0 Å². The molecular formula is C19H22N2O4S. The normalized spacial score (nSPS) is 13.8. The molecule has 1 aliphatic heterocycles. The number of hydrogen-bond acceptors (Lipinski definition) is 4. The van der Waals surface area contributed by atoms with Crippen molar-refractivity contribution in [3.05, 3.63) is 48.0 Å². The van der Waals surface area contributed by atoms with Gasteiger partial charge in [0.25, 0.3) is 10.0 Å². The largest absolute Gasteiger partial charge is 0.497 e. The molecule has 1 heterocycles. The molecule has 2 aromatic rings. The number of fused-ring (bicyclic) bond motifs is 1. The fraction of sp³-hybridized carbons (Fsp3) is 0.316. The summed E-state index contributed by atoms with van der Waals surface area (Å²) in [6.07, 6.45) is 1.91. The lowest BCUT2D eigenvalue weighted by Crippen LogP contribution is -2.35. The van der Waals surface area contributed by atoms with E-state index in [2.05, 4.69) is 5.32 Å². The maximum Gasteiger partial charge on any atom is 0.264 e. The number of ether oxygens (including phenoxy) is 1. The van der Waals surface area contributed by atoms with Crippen LogP contribution in [0.1, 0.15) is 25.3 Å². The van der Waals surface area contributed by atoms with Gasteiger partial charge < -0.3 is 10.1 Å². The number of anilines is 2. The summed E-state index contributed by atoms with van der Waals surface area (Å²) in [5, 5.41) is 2.82. The van der Waals surface area contributed by atoms with Crippen LogP contribution >= 0.6 is 0 Å².